The molecule has 0 radical (unpaired) electrons. The van der Waals surface area contributed by atoms with Crippen molar-refractivity contribution in [2.24, 2.45) is 12.5 Å². The molecule has 102 valence electrons. The lowest BCUT2D eigenvalue weighted by molar-refractivity contribution is 0.0530. The zero-order valence-electron chi connectivity index (χ0n) is 10.9. The highest BCUT2D eigenvalue weighted by Crippen LogP contribution is 2.25. The van der Waals surface area contributed by atoms with Crippen LogP contribution in [0.15, 0.2) is 30.3 Å². The van der Waals surface area contributed by atoms with Crippen molar-refractivity contribution >= 4 is 0 Å². The zero-order chi connectivity index (χ0) is 13.7. The van der Waals surface area contributed by atoms with Gasteiger partial charge >= 0.3 is 0 Å². The molecule has 19 heavy (non-hydrogen) atoms. The quantitative estimate of drug-likeness (QED) is 0.763. The summed E-state index contributed by atoms with van der Waals surface area (Å²) in [7, 11) is 1.69. The Labute approximate surface area is 111 Å². The standard InChI is InChI=1S/C13H18N4O2/c1-17-15-12(14-16-17)8-13(9-18,10-19)7-11-5-3-2-4-6-11/h2-6,18-19H,7-10H2,1H3. The van der Waals surface area contributed by atoms with Crippen molar-refractivity contribution < 1.29 is 10.2 Å². The van der Waals surface area contributed by atoms with Crippen LogP contribution < -0.4 is 0 Å². The minimum Gasteiger partial charge on any atom is -0.396 e. The number of benzene rings is 1. The summed E-state index contributed by atoms with van der Waals surface area (Å²) < 4.78 is 0. The highest BCUT2D eigenvalue weighted by Gasteiger charge is 2.31. The van der Waals surface area contributed by atoms with Crippen LogP contribution in [-0.2, 0) is 19.9 Å². The van der Waals surface area contributed by atoms with Crippen LogP contribution in [0.4, 0.5) is 0 Å². The van der Waals surface area contributed by atoms with Gasteiger partial charge in [0.1, 0.15) is 0 Å². The van der Waals surface area contributed by atoms with E-state index >= 15 is 0 Å². The molecule has 1 heterocycles. The summed E-state index contributed by atoms with van der Waals surface area (Å²) in [6, 6.07) is 9.77. The SMILES string of the molecule is Cn1nnc(CC(CO)(CO)Cc2ccccc2)n1. The Balaban J connectivity index is 2.17. The van der Waals surface area contributed by atoms with Gasteiger partial charge in [-0.2, -0.15) is 4.80 Å². The summed E-state index contributed by atoms with van der Waals surface area (Å²) in [4.78, 5) is 1.37. The number of hydrogen-bond donors (Lipinski definition) is 2. The first-order valence-electron chi connectivity index (χ1n) is 6.16. The predicted molar refractivity (Wildman–Crippen MR) is 69.3 cm³/mol. The van der Waals surface area contributed by atoms with Crippen molar-refractivity contribution in [1.82, 2.24) is 20.2 Å². The van der Waals surface area contributed by atoms with Gasteiger partial charge in [0.25, 0.3) is 0 Å². The normalized spacial score (nSPS) is 11.7. The van der Waals surface area contributed by atoms with Crippen LogP contribution in [0, 0.1) is 5.41 Å². The van der Waals surface area contributed by atoms with Crippen molar-refractivity contribution in [1.29, 1.82) is 0 Å². The second-order valence-corrected chi connectivity index (χ2v) is 4.85. The largest absolute Gasteiger partial charge is 0.396 e. The van der Waals surface area contributed by atoms with Gasteiger partial charge in [-0.05, 0) is 17.2 Å². The van der Waals surface area contributed by atoms with Gasteiger partial charge in [-0.1, -0.05) is 30.3 Å². The molecule has 6 nitrogen and oxygen atoms in total. The van der Waals surface area contributed by atoms with Crippen LogP contribution in [0.3, 0.4) is 0 Å². The van der Waals surface area contributed by atoms with Crippen LogP contribution in [-0.4, -0.2) is 43.6 Å². The summed E-state index contributed by atoms with van der Waals surface area (Å²) >= 11 is 0. The summed E-state index contributed by atoms with van der Waals surface area (Å²) in [6.45, 7) is -0.257. The molecule has 1 aromatic carbocycles. The molecule has 0 fully saturated rings. The Morgan fingerprint density at radius 1 is 1.11 bits per heavy atom. The third-order valence-electron chi connectivity index (χ3n) is 3.18. The van der Waals surface area contributed by atoms with Crippen LogP contribution in [0.25, 0.3) is 0 Å². The fourth-order valence-electron chi connectivity index (χ4n) is 2.09. The van der Waals surface area contributed by atoms with Crippen LogP contribution in [0.5, 0.6) is 0 Å². The van der Waals surface area contributed by atoms with Gasteiger partial charge in [0.2, 0.25) is 0 Å². The van der Waals surface area contributed by atoms with E-state index in [2.05, 4.69) is 15.4 Å². The molecule has 6 heteroatoms. The molecule has 2 N–H and O–H groups in total. The van der Waals surface area contributed by atoms with Crippen molar-refractivity contribution in [3.63, 3.8) is 0 Å². The second-order valence-electron chi connectivity index (χ2n) is 4.85. The van der Waals surface area contributed by atoms with Crippen molar-refractivity contribution in [2.75, 3.05) is 13.2 Å². The minimum atomic E-state index is -0.662. The fraction of sp³-hybridized carbons (Fsp3) is 0.462. The molecule has 0 spiro atoms. The van der Waals surface area contributed by atoms with E-state index in [1.807, 2.05) is 30.3 Å². The van der Waals surface area contributed by atoms with Gasteiger partial charge in [0.05, 0.1) is 20.3 Å². The first-order chi connectivity index (χ1) is 9.17. The maximum atomic E-state index is 9.66. The van der Waals surface area contributed by atoms with Crippen molar-refractivity contribution in [2.45, 2.75) is 12.8 Å². The molecular weight excluding hydrogens is 244 g/mol. The van der Waals surface area contributed by atoms with Crippen molar-refractivity contribution in [3.05, 3.63) is 41.7 Å². The predicted octanol–water partition coefficient (Wildman–Crippen LogP) is -0.0337. The Kier molecular flexibility index (Phi) is 4.24. The maximum absolute atomic E-state index is 9.66. The molecule has 0 atom stereocenters. The molecular formula is C13H18N4O2. The first-order valence-corrected chi connectivity index (χ1v) is 6.16. The van der Waals surface area contributed by atoms with Gasteiger partial charge in [-0.25, -0.2) is 0 Å². The number of aryl methyl sites for hydroxylation is 1. The smallest absolute Gasteiger partial charge is 0.175 e. The summed E-state index contributed by atoms with van der Waals surface area (Å²) in [5, 5.41) is 31.1. The Hall–Kier alpha value is -1.79. The van der Waals surface area contributed by atoms with Gasteiger partial charge in [0.15, 0.2) is 5.82 Å². The summed E-state index contributed by atoms with van der Waals surface area (Å²) in [5.41, 5.74) is 0.402. The van der Waals surface area contributed by atoms with E-state index < -0.39 is 5.41 Å². The number of aliphatic hydroxyl groups excluding tert-OH is 2. The minimum absolute atomic E-state index is 0.128. The first kappa shape index (κ1) is 13.6. The zero-order valence-corrected chi connectivity index (χ0v) is 10.9. The third-order valence-corrected chi connectivity index (χ3v) is 3.18. The number of hydrogen-bond acceptors (Lipinski definition) is 5. The van der Waals surface area contributed by atoms with E-state index in [1.54, 1.807) is 7.05 Å². The van der Waals surface area contributed by atoms with E-state index in [4.69, 9.17) is 0 Å². The molecule has 0 aliphatic rings. The number of nitrogens with zero attached hydrogens (tertiary/aromatic N) is 4. The second kappa shape index (κ2) is 5.90. The molecule has 2 rings (SSSR count). The number of rotatable bonds is 6. The lowest BCUT2D eigenvalue weighted by Crippen LogP contribution is -2.35. The molecule has 0 saturated heterocycles. The molecule has 0 aliphatic heterocycles. The van der Waals surface area contributed by atoms with Crippen molar-refractivity contribution in [3.8, 4) is 0 Å². The monoisotopic (exact) mass is 262 g/mol. The van der Waals surface area contributed by atoms with Crippen LogP contribution >= 0.6 is 0 Å². The van der Waals surface area contributed by atoms with Gasteiger partial charge in [0, 0.05) is 11.8 Å². The molecule has 0 aliphatic carbocycles. The van der Waals surface area contributed by atoms with E-state index in [0.717, 1.165) is 5.56 Å². The average Bonchev–Trinajstić information content (AvgIpc) is 2.84. The lowest BCUT2D eigenvalue weighted by Gasteiger charge is -2.28. The van der Waals surface area contributed by atoms with Gasteiger partial charge in [-0.15, -0.1) is 10.2 Å². The lowest BCUT2D eigenvalue weighted by atomic mass is 9.80. The molecule has 2 aromatic rings. The maximum Gasteiger partial charge on any atom is 0.175 e. The topological polar surface area (TPSA) is 84.1 Å². The number of aromatic nitrogens is 4. The van der Waals surface area contributed by atoms with E-state index in [9.17, 15) is 10.2 Å². The molecule has 1 aromatic heterocycles. The summed E-state index contributed by atoms with van der Waals surface area (Å²) in [5.74, 6) is 0.529. The number of aliphatic hydroxyl groups is 2. The average molecular weight is 262 g/mol. The Morgan fingerprint density at radius 3 is 2.32 bits per heavy atom. The molecule has 0 bridgehead atoms. The van der Waals surface area contributed by atoms with E-state index in [1.165, 1.54) is 4.80 Å². The molecule has 0 unspecified atom stereocenters. The highest BCUT2D eigenvalue weighted by atomic mass is 16.3. The third kappa shape index (κ3) is 3.36. The van der Waals surface area contributed by atoms with E-state index in [-0.39, 0.29) is 13.2 Å². The number of tetrazole rings is 1. The van der Waals surface area contributed by atoms with E-state index in [0.29, 0.717) is 18.7 Å². The van der Waals surface area contributed by atoms with Gasteiger partial charge < -0.3 is 10.2 Å². The Morgan fingerprint density at radius 2 is 1.79 bits per heavy atom. The van der Waals surface area contributed by atoms with Crippen LogP contribution in [0.1, 0.15) is 11.4 Å². The molecule has 0 saturated carbocycles. The Bertz CT molecular complexity index is 508. The molecule has 0 amide bonds. The fourth-order valence-corrected chi connectivity index (χ4v) is 2.09. The highest BCUT2D eigenvalue weighted by molar-refractivity contribution is 5.17. The van der Waals surface area contributed by atoms with Gasteiger partial charge in [-0.3, -0.25) is 0 Å². The summed E-state index contributed by atoms with van der Waals surface area (Å²) in [6.07, 6.45) is 0.960. The van der Waals surface area contributed by atoms with Crippen LogP contribution in [0.2, 0.25) is 0 Å².